The molecule has 1 aliphatic rings. The largest absolute Gasteiger partial charge is 0.467 e. The van der Waals surface area contributed by atoms with Gasteiger partial charge in [0.05, 0.1) is 19.5 Å². The van der Waals surface area contributed by atoms with Gasteiger partial charge in [-0.1, -0.05) is 0 Å². The Morgan fingerprint density at radius 3 is 2.76 bits per heavy atom. The van der Waals surface area contributed by atoms with Gasteiger partial charge in [0.25, 0.3) is 5.56 Å². The van der Waals surface area contributed by atoms with Crippen LogP contribution in [0, 0.1) is 0 Å². The van der Waals surface area contributed by atoms with Crippen LogP contribution in [0.4, 0.5) is 13.2 Å². The van der Waals surface area contributed by atoms with E-state index in [0.717, 1.165) is 16.8 Å². The molecule has 1 saturated heterocycles. The summed E-state index contributed by atoms with van der Waals surface area (Å²) in [6.45, 7) is 0.301. The first-order chi connectivity index (χ1) is 11.9. The number of furan rings is 1. The molecule has 6 nitrogen and oxygen atoms in total. The molecule has 2 aromatic heterocycles. The van der Waals surface area contributed by atoms with Crippen LogP contribution in [0.1, 0.15) is 17.4 Å². The average molecular weight is 356 g/mol. The lowest BCUT2D eigenvalue weighted by Crippen LogP contribution is -2.45. The number of carbonyl (C=O) groups is 1. The highest BCUT2D eigenvalue weighted by atomic mass is 19.4. The standard InChI is InChI=1S/C16H15F3N2O4/c17-16(18,19)11-3-1-5-20(15(11)23)9-14(22)21-6-8-24-10-12(21)13-4-2-7-25-13/h1-5,7,12H,6,8-10H2. The summed E-state index contributed by atoms with van der Waals surface area (Å²) in [5.41, 5.74) is -2.54. The van der Waals surface area contributed by atoms with E-state index in [1.165, 1.54) is 11.2 Å². The quantitative estimate of drug-likeness (QED) is 0.845. The van der Waals surface area contributed by atoms with Crippen LogP contribution >= 0.6 is 0 Å². The van der Waals surface area contributed by atoms with E-state index in [9.17, 15) is 22.8 Å². The van der Waals surface area contributed by atoms with Crippen molar-refractivity contribution in [1.29, 1.82) is 0 Å². The summed E-state index contributed by atoms with van der Waals surface area (Å²) in [6.07, 6.45) is -2.14. The predicted octanol–water partition coefficient (Wildman–Crippen LogP) is 2.06. The molecule has 0 radical (unpaired) electrons. The van der Waals surface area contributed by atoms with Crippen LogP contribution in [0.3, 0.4) is 0 Å². The van der Waals surface area contributed by atoms with Gasteiger partial charge >= 0.3 is 6.18 Å². The van der Waals surface area contributed by atoms with Gasteiger partial charge in [-0.05, 0) is 24.3 Å². The van der Waals surface area contributed by atoms with Crippen molar-refractivity contribution in [1.82, 2.24) is 9.47 Å². The highest BCUT2D eigenvalue weighted by molar-refractivity contribution is 5.76. The van der Waals surface area contributed by atoms with Gasteiger partial charge in [0, 0.05) is 12.7 Å². The number of hydrogen-bond donors (Lipinski definition) is 0. The SMILES string of the molecule is O=C(Cn1cccc(C(F)(F)F)c1=O)N1CCOCC1c1ccco1. The van der Waals surface area contributed by atoms with Crippen molar-refractivity contribution in [2.45, 2.75) is 18.8 Å². The fraction of sp³-hybridized carbons (Fsp3) is 0.375. The summed E-state index contributed by atoms with van der Waals surface area (Å²) >= 11 is 0. The molecule has 3 heterocycles. The topological polar surface area (TPSA) is 64.7 Å². The normalized spacial score (nSPS) is 18.4. The van der Waals surface area contributed by atoms with Gasteiger partial charge in [0.1, 0.15) is 23.9 Å². The predicted molar refractivity (Wildman–Crippen MR) is 79.7 cm³/mol. The van der Waals surface area contributed by atoms with Gasteiger partial charge in [-0.3, -0.25) is 9.59 Å². The van der Waals surface area contributed by atoms with Crippen LogP contribution in [0.5, 0.6) is 0 Å². The number of aromatic nitrogens is 1. The van der Waals surface area contributed by atoms with E-state index in [4.69, 9.17) is 9.15 Å². The Hall–Kier alpha value is -2.55. The highest BCUT2D eigenvalue weighted by Gasteiger charge is 2.35. The molecule has 1 unspecified atom stereocenters. The third-order valence-electron chi connectivity index (χ3n) is 3.95. The van der Waals surface area contributed by atoms with E-state index in [2.05, 4.69) is 0 Å². The number of amides is 1. The number of pyridine rings is 1. The van der Waals surface area contributed by atoms with Crippen LogP contribution in [-0.4, -0.2) is 35.1 Å². The van der Waals surface area contributed by atoms with E-state index >= 15 is 0 Å². The molecule has 1 fully saturated rings. The van der Waals surface area contributed by atoms with Crippen LogP contribution in [0.25, 0.3) is 0 Å². The number of carbonyl (C=O) groups excluding carboxylic acids is 1. The summed E-state index contributed by atoms with van der Waals surface area (Å²) in [6, 6.07) is 4.68. The third-order valence-corrected chi connectivity index (χ3v) is 3.95. The number of hydrogen-bond acceptors (Lipinski definition) is 4. The van der Waals surface area contributed by atoms with Gasteiger partial charge in [0.15, 0.2) is 0 Å². The highest BCUT2D eigenvalue weighted by Crippen LogP contribution is 2.27. The molecule has 0 spiro atoms. The minimum Gasteiger partial charge on any atom is -0.467 e. The summed E-state index contributed by atoms with van der Waals surface area (Å²) in [4.78, 5) is 26.0. The zero-order valence-electron chi connectivity index (χ0n) is 13.0. The van der Waals surface area contributed by atoms with Crippen molar-refractivity contribution in [3.8, 4) is 0 Å². The lowest BCUT2D eigenvalue weighted by atomic mass is 10.1. The van der Waals surface area contributed by atoms with Gasteiger partial charge in [0.2, 0.25) is 5.91 Å². The molecule has 0 N–H and O–H groups in total. The van der Waals surface area contributed by atoms with E-state index in [-0.39, 0.29) is 13.2 Å². The van der Waals surface area contributed by atoms with Crippen molar-refractivity contribution in [3.05, 3.63) is 58.4 Å². The van der Waals surface area contributed by atoms with Crippen LogP contribution in [0.2, 0.25) is 0 Å². The molecule has 0 bridgehead atoms. The van der Waals surface area contributed by atoms with Crippen LogP contribution in [-0.2, 0) is 22.3 Å². The number of halogens is 3. The maximum Gasteiger partial charge on any atom is 0.421 e. The van der Waals surface area contributed by atoms with Crippen molar-refractivity contribution in [2.24, 2.45) is 0 Å². The van der Waals surface area contributed by atoms with Crippen LogP contribution < -0.4 is 5.56 Å². The fourth-order valence-electron chi connectivity index (χ4n) is 2.73. The maximum absolute atomic E-state index is 12.8. The lowest BCUT2D eigenvalue weighted by Gasteiger charge is -2.34. The van der Waals surface area contributed by atoms with Crippen molar-refractivity contribution in [3.63, 3.8) is 0 Å². The Morgan fingerprint density at radius 1 is 1.28 bits per heavy atom. The average Bonchev–Trinajstić information content (AvgIpc) is 3.10. The first-order valence-corrected chi connectivity index (χ1v) is 7.55. The first kappa shape index (κ1) is 17.3. The second-order valence-electron chi connectivity index (χ2n) is 5.55. The number of alkyl halides is 3. The molecule has 2 aromatic rings. The smallest absolute Gasteiger partial charge is 0.421 e. The number of morpholine rings is 1. The number of nitrogens with zero attached hydrogens (tertiary/aromatic N) is 2. The van der Waals surface area contributed by atoms with E-state index < -0.39 is 35.8 Å². The monoisotopic (exact) mass is 356 g/mol. The molecule has 1 aliphatic heterocycles. The zero-order chi connectivity index (χ0) is 18.0. The third kappa shape index (κ3) is 3.60. The molecule has 9 heteroatoms. The van der Waals surface area contributed by atoms with E-state index in [0.29, 0.717) is 18.4 Å². The Kier molecular flexibility index (Phi) is 4.67. The minimum absolute atomic E-state index is 0.219. The summed E-state index contributed by atoms with van der Waals surface area (Å²) in [5.74, 6) is 0.0376. The zero-order valence-corrected chi connectivity index (χ0v) is 13.0. The second kappa shape index (κ2) is 6.75. The molecular formula is C16H15F3N2O4. The second-order valence-corrected chi connectivity index (χ2v) is 5.55. The molecule has 1 atom stereocenters. The molecular weight excluding hydrogens is 341 g/mol. The summed E-state index contributed by atoms with van der Waals surface area (Å²) in [5, 5.41) is 0. The molecule has 0 aliphatic carbocycles. The van der Waals surface area contributed by atoms with E-state index in [1.54, 1.807) is 12.1 Å². The molecule has 134 valence electrons. The van der Waals surface area contributed by atoms with Gasteiger partial charge in [-0.2, -0.15) is 13.2 Å². The summed E-state index contributed by atoms with van der Waals surface area (Å²) < 4.78 is 49.9. The van der Waals surface area contributed by atoms with Gasteiger partial charge in [-0.25, -0.2) is 0 Å². The number of rotatable bonds is 3. The molecule has 3 rings (SSSR count). The fourth-order valence-corrected chi connectivity index (χ4v) is 2.73. The Balaban J connectivity index is 1.83. The van der Waals surface area contributed by atoms with Crippen molar-refractivity contribution in [2.75, 3.05) is 19.8 Å². The first-order valence-electron chi connectivity index (χ1n) is 7.55. The molecule has 0 aromatic carbocycles. The molecule has 25 heavy (non-hydrogen) atoms. The molecule has 0 saturated carbocycles. The minimum atomic E-state index is -4.77. The van der Waals surface area contributed by atoms with E-state index in [1.807, 2.05) is 0 Å². The van der Waals surface area contributed by atoms with Crippen LogP contribution in [0.15, 0.2) is 45.9 Å². The summed E-state index contributed by atoms with van der Waals surface area (Å²) in [7, 11) is 0. The Labute approximate surface area is 140 Å². The van der Waals surface area contributed by atoms with Gasteiger partial charge < -0.3 is 18.6 Å². The van der Waals surface area contributed by atoms with Gasteiger partial charge in [-0.15, -0.1) is 0 Å². The maximum atomic E-state index is 12.8. The number of ether oxygens (including phenoxy) is 1. The Bertz CT molecular complexity index is 798. The Morgan fingerprint density at radius 2 is 2.08 bits per heavy atom. The molecule has 1 amide bonds. The van der Waals surface area contributed by atoms with Crippen molar-refractivity contribution >= 4 is 5.91 Å². The van der Waals surface area contributed by atoms with Crippen molar-refractivity contribution < 1.29 is 27.1 Å². The lowest BCUT2D eigenvalue weighted by molar-refractivity contribution is -0.143.